The number of nitrogens with one attached hydrogen (secondary N) is 2. The van der Waals surface area contributed by atoms with E-state index < -0.39 is 0 Å². The molecule has 4 heteroatoms. The van der Waals surface area contributed by atoms with E-state index in [2.05, 4.69) is 29.4 Å². The Hall–Kier alpha value is -0.770. The average molecular weight is 241 g/mol. The topological polar surface area (TPSA) is 44.4 Å². The maximum atomic E-state index is 11.5. The van der Waals surface area contributed by atoms with Crippen molar-refractivity contribution >= 4 is 6.03 Å². The van der Waals surface area contributed by atoms with Gasteiger partial charge in [0.1, 0.15) is 0 Å². The van der Waals surface area contributed by atoms with E-state index in [0.717, 1.165) is 32.0 Å². The second-order valence-electron chi connectivity index (χ2n) is 5.74. The molecule has 1 heterocycles. The second-order valence-corrected chi connectivity index (χ2v) is 5.74. The second kappa shape index (κ2) is 6.84. The lowest BCUT2D eigenvalue weighted by Gasteiger charge is -2.18. The molecule has 0 aromatic carbocycles. The zero-order valence-corrected chi connectivity index (χ0v) is 11.6. The van der Waals surface area contributed by atoms with Gasteiger partial charge in [-0.2, -0.15) is 0 Å². The summed E-state index contributed by atoms with van der Waals surface area (Å²) in [4.78, 5) is 14.0. The van der Waals surface area contributed by atoms with E-state index in [-0.39, 0.29) is 12.1 Å². The maximum absolute atomic E-state index is 11.5. The molecule has 0 unspecified atom stereocenters. The Morgan fingerprint density at radius 3 is 2.65 bits per heavy atom. The van der Waals surface area contributed by atoms with Crippen LogP contribution < -0.4 is 10.6 Å². The van der Waals surface area contributed by atoms with Gasteiger partial charge in [0.25, 0.3) is 0 Å². The molecule has 1 atom stereocenters. The first-order valence-electron chi connectivity index (χ1n) is 6.76. The number of likely N-dealkylation sites (tertiary alicyclic amines) is 1. The van der Waals surface area contributed by atoms with Crippen LogP contribution in [0.15, 0.2) is 0 Å². The Morgan fingerprint density at radius 1 is 1.35 bits per heavy atom. The SMILES string of the molecule is CC(C)CCN1CC[C@@H](NC(=O)NC(C)C)C1. The van der Waals surface area contributed by atoms with Gasteiger partial charge < -0.3 is 15.5 Å². The minimum absolute atomic E-state index is 0.0318. The molecule has 100 valence electrons. The van der Waals surface area contributed by atoms with Crippen molar-refractivity contribution in [1.29, 1.82) is 0 Å². The fraction of sp³-hybridized carbons (Fsp3) is 0.923. The predicted octanol–water partition coefficient (Wildman–Crippen LogP) is 1.81. The first-order valence-corrected chi connectivity index (χ1v) is 6.76. The quantitative estimate of drug-likeness (QED) is 0.771. The summed E-state index contributed by atoms with van der Waals surface area (Å²) in [6.45, 7) is 11.7. The van der Waals surface area contributed by atoms with Crippen LogP contribution in [0.25, 0.3) is 0 Å². The van der Waals surface area contributed by atoms with E-state index in [9.17, 15) is 4.79 Å². The number of amides is 2. The molecule has 1 saturated heterocycles. The molecule has 1 aliphatic rings. The van der Waals surface area contributed by atoms with E-state index in [1.165, 1.54) is 6.42 Å². The highest BCUT2D eigenvalue weighted by Crippen LogP contribution is 2.11. The van der Waals surface area contributed by atoms with Crippen molar-refractivity contribution in [3.05, 3.63) is 0 Å². The molecule has 4 nitrogen and oxygen atoms in total. The molecule has 2 N–H and O–H groups in total. The fourth-order valence-electron chi connectivity index (χ4n) is 2.08. The van der Waals surface area contributed by atoms with Gasteiger partial charge in [0.2, 0.25) is 0 Å². The highest BCUT2D eigenvalue weighted by atomic mass is 16.2. The van der Waals surface area contributed by atoms with Crippen LogP contribution >= 0.6 is 0 Å². The Morgan fingerprint density at radius 2 is 2.06 bits per heavy atom. The van der Waals surface area contributed by atoms with Crippen LogP contribution in [0.2, 0.25) is 0 Å². The molecular formula is C13H27N3O. The molecule has 1 fully saturated rings. The summed E-state index contributed by atoms with van der Waals surface area (Å²) in [5.74, 6) is 0.756. The molecule has 0 aromatic rings. The van der Waals surface area contributed by atoms with Crippen molar-refractivity contribution in [2.45, 2.75) is 52.6 Å². The maximum Gasteiger partial charge on any atom is 0.315 e. The average Bonchev–Trinajstić information content (AvgIpc) is 2.61. The highest BCUT2D eigenvalue weighted by molar-refractivity contribution is 5.74. The van der Waals surface area contributed by atoms with E-state index >= 15 is 0 Å². The number of carbonyl (C=O) groups excluding carboxylic acids is 1. The van der Waals surface area contributed by atoms with Crippen LogP contribution in [0, 0.1) is 5.92 Å². The lowest BCUT2D eigenvalue weighted by molar-refractivity contribution is 0.233. The minimum Gasteiger partial charge on any atom is -0.336 e. The standard InChI is InChI=1S/C13H27N3O/c1-10(2)5-7-16-8-6-12(9-16)15-13(17)14-11(3)4/h10-12H,5-9H2,1-4H3,(H2,14,15,17)/t12-/m1/s1. The largest absolute Gasteiger partial charge is 0.336 e. The van der Waals surface area contributed by atoms with Gasteiger partial charge >= 0.3 is 6.03 Å². The summed E-state index contributed by atoms with van der Waals surface area (Å²) in [5.41, 5.74) is 0. The summed E-state index contributed by atoms with van der Waals surface area (Å²) < 4.78 is 0. The summed E-state index contributed by atoms with van der Waals surface area (Å²) in [7, 11) is 0. The van der Waals surface area contributed by atoms with Crippen LogP contribution in [0.5, 0.6) is 0 Å². The Kier molecular flexibility index (Phi) is 5.75. The first kappa shape index (κ1) is 14.3. The van der Waals surface area contributed by atoms with Crippen molar-refractivity contribution in [2.75, 3.05) is 19.6 Å². The number of nitrogens with zero attached hydrogens (tertiary/aromatic N) is 1. The highest BCUT2D eigenvalue weighted by Gasteiger charge is 2.23. The Labute approximate surface area is 105 Å². The normalized spacial score (nSPS) is 21.2. The Bertz CT molecular complexity index is 241. The number of hydrogen-bond acceptors (Lipinski definition) is 2. The van der Waals surface area contributed by atoms with Gasteiger partial charge in [-0.3, -0.25) is 0 Å². The van der Waals surface area contributed by atoms with Gasteiger partial charge in [-0.15, -0.1) is 0 Å². The van der Waals surface area contributed by atoms with Crippen LogP contribution in [0.1, 0.15) is 40.5 Å². The zero-order valence-electron chi connectivity index (χ0n) is 11.6. The van der Waals surface area contributed by atoms with Gasteiger partial charge in [-0.05, 0) is 39.2 Å². The smallest absolute Gasteiger partial charge is 0.315 e. The summed E-state index contributed by atoms with van der Waals surface area (Å²) in [6.07, 6.45) is 2.31. The third-order valence-corrected chi connectivity index (χ3v) is 3.05. The molecular weight excluding hydrogens is 214 g/mol. The number of rotatable bonds is 5. The minimum atomic E-state index is -0.0318. The summed E-state index contributed by atoms with van der Waals surface area (Å²) >= 11 is 0. The fourth-order valence-corrected chi connectivity index (χ4v) is 2.08. The number of hydrogen-bond donors (Lipinski definition) is 2. The van der Waals surface area contributed by atoms with Crippen molar-refractivity contribution in [3.63, 3.8) is 0 Å². The molecule has 1 aliphatic heterocycles. The summed E-state index contributed by atoms with van der Waals surface area (Å²) in [5, 5.41) is 5.90. The lowest BCUT2D eigenvalue weighted by atomic mass is 10.1. The van der Waals surface area contributed by atoms with Gasteiger partial charge in [-0.25, -0.2) is 4.79 Å². The van der Waals surface area contributed by atoms with E-state index in [4.69, 9.17) is 0 Å². The molecule has 0 spiro atoms. The molecule has 0 saturated carbocycles. The van der Waals surface area contributed by atoms with E-state index in [1.54, 1.807) is 0 Å². The molecule has 1 rings (SSSR count). The third-order valence-electron chi connectivity index (χ3n) is 3.05. The molecule has 2 amide bonds. The third kappa shape index (κ3) is 5.91. The van der Waals surface area contributed by atoms with Crippen LogP contribution in [-0.4, -0.2) is 42.6 Å². The van der Waals surface area contributed by atoms with Gasteiger partial charge in [0, 0.05) is 25.2 Å². The van der Waals surface area contributed by atoms with Crippen molar-refractivity contribution in [2.24, 2.45) is 5.92 Å². The zero-order chi connectivity index (χ0) is 12.8. The van der Waals surface area contributed by atoms with Crippen molar-refractivity contribution < 1.29 is 4.79 Å². The number of urea groups is 1. The van der Waals surface area contributed by atoms with E-state index in [0.29, 0.717) is 6.04 Å². The lowest BCUT2D eigenvalue weighted by Crippen LogP contribution is -2.45. The van der Waals surface area contributed by atoms with Crippen LogP contribution in [-0.2, 0) is 0 Å². The van der Waals surface area contributed by atoms with Crippen molar-refractivity contribution in [3.8, 4) is 0 Å². The molecule has 0 aromatic heterocycles. The molecule has 17 heavy (non-hydrogen) atoms. The monoisotopic (exact) mass is 241 g/mol. The first-order chi connectivity index (χ1) is 7.97. The van der Waals surface area contributed by atoms with Crippen molar-refractivity contribution in [1.82, 2.24) is 15.5 Å². The molecule has 0 radical (unpaired) electrons. The van der Waals surface area contributed by atoms with Gasteiger partial charge in [0.15, 0.2) is 0 Å². The number of carbonyl (C=O) groups is 1. The van der Waals surface area contributed by atoms with Crippen LogP contribution in [0.4, 0.5) is 4.79 Å². The Balaban J connectivity index is 2.19. The van der Waals surface area contributed by atoms with Gasteiger partial charge in [0.05, 0.1) is 0 Å². The molecule has 0 aliphatic carbocycles. The summed E-state index contributed by atoms with van der Waals surface area (Å²) in [6, 6.07) is 0.491. The van der Waals surface area contributed by atoms with Crippen LogP contribution in [0.3, 0.4) is 0 Å². The molecule has 0 bridgehead atoms. The van der Waals surface area contributed by atoms with E-state index in [1.807, 2.05) is 13.8 Å². The predicted molar refractivity (Wildman–Crippen MR) is 71.1 cm³/mol. The van der Waals surface area contributed by atoms with Gasteiger partial charge in [-0.1, -0.05) is 13.8 Å².